The van der Waals surface area contributed by atoms with Crippen molar-refractivity contribution in [2.75, 3.05) is 4.90 Å². The average molecular weight is 740 g/mol. The fourth-order valence-corrected chi connectivity index (χ4v) is 8.70. The van der Waals surface area contributed by atoms with Crippen LogP contribution >= 0.6 is 0 Å². The Morgan fingerprint density at radius 1 is 0.293 bits per heavy atom. The van der Waals surface area contributed by atoms with E-state index >= 15 is 0 Å². The molecule has 0 spiro atoms. The standard InChI is InChI=1S/C56H37NO/c1-3-13-38(14-4-1)43-30-36-53(52(37-43)39-15-5-2-6-16-39)57(45-33-27-42(28-34-45)48-21-12-24-55-56(48)51-19-9-10-23-54(51)58-55)44-31-25-41(26-32-44)47-20-11-22-49-46-18-8-7-17-40(46)29-35-50(47)49/h1-37H. The molecule has 0 aliphatic carbocycles. The molecule has 1 heterocycles. The highest BCUT2D eigenvalue weighted by molar-refractivity contribution is 6.13. The van der Waals surface area contributed by atoms with Gasteiger partial charge in [-0.05, 0) is 109 Å². The summed E-state index contributed by atoms with van der Waals surface area (Å²) in [5, 5.41) is 7.33. The van der Waals surface area contributed by atoms with Gasteiger partial charge in [-0.3, -0.25) is 0 Å². The SMILES string of the molecule is c1ccc(-c2ccc(N(c3ccc(-c4cccc5c4ccc4ccccc45)cc3)c3ccc(-c4cccc5oc6ccccc6c45)cc3)c(-c3ccccc3)c2)cc1. The van der Waals surface area contributed by atoms with Crippen LogP contribution in [0.5, 0.6) is 0 Å². The number of rotatable bonds is 7. The van der Waals surface area contributed by atoms with Crippen LogP contribution in [0.3, 0.4) is 0 Å². The Morgan fingerprint density at radius 2 is 0.845 bits per heavy atom. The van der Waals surface area contributed by atoms with Crippen LogP contribution in [0.1, 0.15) is 0 Å². The van der Waals surface area contributed by atoms with E-state index in [9.17, 15) is 0 Å². The summed E-state index contributed by atoms with van der Waals surface area (Å²) >= 11 is 0. The molecular formula is C56H37NO. The van der Waals surface area contributed by atoms with E-state index in [1.165, 1.54) is 43.8 Å². The first-order chi connectivity index (χ1) is 28.8. The molecule has 0 radical (unpaired) electrons. The monoisotopic (exact) mass is 739 g/mol. The van der Waals surface area contributed by atoms with Crippen molar-refractivity contribution in [3.8, 4) is 44.5 Å². The molecule has 0 atom stereocenters. The first-order valence-electron chi connectivity index (χ1n) is 19.8. The number of hydrogen-bond acceptors (Lipinski definition) is 2. The molecule has 0 aliphatic heterocycles. The molecule has 272 valence electrons. The summed E-state index contributed by atoms with van der Waals surface area (Å²) in [6, 6.07) is 80.7. The lowest BCUT2D eigenvalue weighted by molar-refractivity contribution is 0.669. The predicted molar refractivity (Wildman–Crippen MR) is 245 cm³/mol. The van der Waals surface area contributed by atoms with Crippen LogP contribution < -0.4 is 4.90 Å². The number of fused-ring (bicyclic) bond motifs is 6. The minimum atomic E-state index is 0.898. The second-order valence-corrected chi connectivity index (χ2v) is 14.9. The van der Waals surface area contributed by atoms with Crippen molar-refractivity contribution < 1.29 is 4.42 Å². The van der Waals surface area contributed by atoms with Gasteiger partial charge in [-0.1, -0.05) is 176 Å². The van der Waals surface area contributed by atoms with Crippen molar-refractivity contribution in [1.29, 1.82) is 0 Å². The van der Waals surface area contributed by atoms with Crippen LogP contribution in [0.2, 0.25) is 0 Å². The van der Waals surface area contributed by atoms with Gasteiger partial charge in [-0.2, -0.15) is 0 Å². The quantitative estimate of drug-likeness (QED) is 0.151. The smallest absolute Gasteiger partial charge is 0.136 e. The van der Waals surface area contributed by atoms with E-state index in [-0.39, 0.29) is 0 Å². The molecule has 0 fully saturated rings. The maximum Gasteiger partial charge on any atom is 0.136 e. The van der Waals surface area contributed by atoms with Crippen molar-refractivity contribution in [1.82, 2.24) is 0 Å². The molecule has 0 saturated carbocycles. The third-order valence-corrected chi connectivity index (χ3v) is 11.5. The molecule has 1 aromatic heterocycles. The Kier molecular flexibility index (Phi) is 8.19. The third kappa shape index (κ3) is 5.82. The Labute approximate surface area is 337 Å². The van der Waals surface area contributed by atoms with E-state index in [4.69, 9.17) is 4.42 Å². The molecule has 0 saturated heterocycles. The van der Waals surface area contributed by atoms with Crippen molar-refractivity contribution >= 4 is 60.5 Å². The molecule has 2 nitrogen and oxygen atoms in total. The summed E-state index contributed by atoms with van der Waals surface area (Å²) in [7, 11) is 0. The van der Waals surface area contributed by atoms with Crippen LogP contribution in [-0.4, -0.2) is 0 Å². The van der Waals surface area contributed by atoms with Crippen molar-refractivity contribution in [3.05, 3.63) is 224 Å². The third-order valence-electron chi connectivity index (χ3n) is 11.5. The molecule has 0 amide bonds. The summed E-state index contributed by atoms with van der Waals surface area (Å²) in [6.45, 7) is 0. The highest BCUT2D eigenvalue weighted by atomic mass is 16.3. The maximum atomic E-state index is 6.26. The van der Waals surface area contributed by atoms with Crippen LogP contribution in [0.15, 0.2) is 229 Å². The van der Waals surface area contributed by atoms with E-state index < -0.39 is 0 Å². The molecule has 0 N–H and O–H groups in total. The van der Waals surface area contributed by atoms with Crippen molar-refractivity contribution in [2.45, 2.75) is 0 Å². The normalized spacial score (nSPS) is 11.4. The van der Waals surface area contributed by atoms with Crippen molar-refractivity contribution in [2.24, 2.45) is 0 Å². The van der Waals surface area contributed by atoms with Crippen molar-refractivity contribution in [3.63, 3.8) is 0 Å². The van der Waals surface area contributed by atoms with Crippen LogP contribution in [-0.2, 0) is 0 Å². The first kappa shape index (κ1) is 33.6. The summed E-state index contributed by atoms with van der Waals surface area (Å²) in [6.07, 6.45) is 0. The summed E-state index contributed by atoms with van der Waals surface area (Å²) in [5.41, 5.74) is 14.5. The summed E-state index contributed by atoms with van der Waals surface area (Å²) in [4.78, 5) is 2.40. The van der Waals surface area contributed by atoms with Gasteiger partial charge in [0, 0.05) is 27.7 Å². The fraction of sp³-hybridized carbons (Fsp3) is 0. The van der Waals surface area contributed by atoms with Crippen LogP contribution in [0.4, 0.5) is 17.1 Å². The number of furan rings is 1. The molecule has 11 rings (SSSR count). The minimum absolute atomic E-state index is 0.898. The maximum absolute atomic E-state index is 6.26. The van der Waals surface area contributed by atoms with E-state index in [1.54, 1.807) is 0 Å². The summed E-state index contributed by atoms with van der Waals surface area (Å²) in [5.74, 6) is 0. The topological polar surface area (TPSA) is 16.4 Å². The number of anilines is 3. The molecular weight excluding hydrogens is 703 g/mol. The zero-order chi connectivity index (χ0) is 38.4. The molecule has 10 aromatic carbocycles. The predicted octanol–water partition coefficient (Wildman–Crippen LogP) is 16.0. The molecule has 58 heavy (non-hydrogen) atoms. The van der Waals surface area contributed by atoms with Gasteiger partial charge in [0.25, 0.3) is 0 Å². The highest BCUT2D eigenvalue weighted by Crippen LogP contribution is 2.45. The Bertz CT molecular complexity index is 3250. The lowest BCUT2D eigenvalue weighted by Crippen LogP contribution is -2.11. The van der Waals surface area contributed by atoms with E-state index in [0.717, 1.165) is 61.3 Å². The Morgan fingerprint density at radius 3 is 1.60 bits per heavy atom. The molecule has 0 aliphatic rings. The molecule has 2 heteroatoms. The second kappa shape index (κ2) is 14.1. The van der Waals surface area contributed by atoms with Gasteiger partial charge in [0.05, 0.1) is 5.69 Å². The largest absolute Gasteiger partial charge is 0.456 e. The lowest BCUT2D eigenvalue weighted by Gasteiger charge is -2.29. The van der Waals surface area contributed by atoms with Gasteiger partial charge < -0.3 is 9.32 Å². The Balaban J connectivity index is 1.07. The molecule has 11 aromatic rings. The van der Waals surface area contributed by atoms with Gasteiger partial charge in [0.1, 0.15) is 11.2 Å². The lowest BCUT2D eigenvalue weighted by atomic mass is 9.94. The Hall–Kier alpha value is -7.68. The fourth-order valence-electron chi connectivity index (χ4n) is 8.70. The van der Waals surface area contributed by atoms with E-state index in [0.29, 0.717) is 0 Å². The molecule has 0 unspecified atom stereocenters. The number of benzene rings is 10. The van der Waals surface area contributed by atoms with Crippen LogP contribution in [0.25, 0.3) is 88.0 Å². The van der Waals surface area contributed by atoms with Gasteiger partial charge in [-0.15, -0.1) is 0 Å². The average Bonchev–Trinajstić information content (AvgIpc) is 3.69. The van der Waals surface area contributed by atoms with E-state index in [1.807, 2.05) is 12.1 Å². The zero-order valence-electron chi connectivity index (χ0n) is 31.7. The van der Waals surface area contributed by atoms with Gasteiger partial charge in [0.2, 0.25) is 0 Å². The van der Waals surface area contributed by atoms with Crippen LogP contribution in [0, 0.1) is 0 Å². The zero-order valence-corrected chi connectivity index (χ0v) is 31.7. The second-order valence-electron chi connectivity index (χ2n) is 14.9. The first-order valence-corrected chi connectivity index (χ1v) is 19.8. The molecule has 0 bridgehead atoms. The summed E-state index contributed by atoms with van der Waals surface area (Å²) < 4.78 is 6.26. The van der Waals surface area contributed by atoms with Gasteiger partial charge in [-0.25, -0.2) is 0 Å². The van der Waals surface area contributed by atoms with E-state index in [2.05, 4.69) is 217 Å². The van der Waals surface area contributed by atoms with Gasteiger partial charge in [0.15, 0.2) is 0 Å². The minimum Gasteiger partial charge on any atom is -0.456 e. The number of para-hydroxylation sites is 1. The highest BCUT2D eigenvalue weighted by Gasteiger charge is 2.20. The van der Waals surface area contributed by atoms with Gasteiger partial charge >= 0.3 is 0 Å². The number of hydrogen-bond donors (Lipinski definition) is 0. The number of nitrogens with zero attached hydrogens (tertiary/aromatic N) is 1.